The van der Waals surface area contributed by atoms with E-state index < -0.39 is 0 Å². The summed E-state index contributed by atoms with van der Waals surface area (Å²) in [6.45, 7) is 0. The molecule has 1 saturated heterocycles. The molecule has 0 saturated carbocycles. The Kier molecular flexibility index (Phi) is 4.31. The van der Waals surface area contributed by atoms with Crippen LogP contribution >= 0.6 is 28.1 Å². The van der Waals surface area contributed by atoms with Crippen molar-refractivity contribution in [3.8, 4) is 5.69 Å². The summed E-state index contributed by atoms with van der Waals surface area (Å²) in [6, 6.07) is 18.6. The van der Waals surface area contributed by atoms with Gasteiger partial charge >= 0.3 is 0 Å². The first-order valence-electron chi connectivity index (χ1n) is 8.02. The molecule has 3 aromatic rings. The van der Waals surface area contributed by atoms with E-state index in [2.05, 4.69) is 66.2 Å². The minimum Gasteiger partial charge on any atom is -0.352 e. The lowest BCUT2D eigenvalue weighted by Gasteiger charge is -2.25. The second-order valence-corrected chi connectivity index (χ2v) is 7.32. The van der Waals surface area contributed by atoms with Crippen molar-refractivity contribution in [1.82, 2.24) is 19.8 Å². The number of rotatable bonds is 3. The zero-order valence-corrected chi connectivity index (χ0v) is 16.0. The van der Waals surface area contributed by atoms with Gasteiger partial charge < -0.3 is 14.8 Å². The van der Waals surface area contributed by atoms with Crippen molar-refractivity contribution in [3.05, 3.63) is 82.9 Å². The van der Waals surface area contributed by atoms with Crippen LogP contribution in [0.25, 0.3) is 5.69 Å². The molecule has 1 N–H and O–H groups in total. The van der Waals surface area contributed by atoms with Crippen LogP contribution in [0.1, 0.15) is 23.5 Å². The van der Waals surface area contributed by atoms with Gasteiger partial charge in [-0.1, -0.05) is 28.1 Å². The maximum absolute atomic E-state index is 5.52. The second-order valence-electron chi connectivity index (χ2n) is 6.02. The Balaban J connectivity index is 1.80. The predicted molar refractivity (Wildman–Crippen MR) is 107 cm³/mol. The van der Waals surface area contributed by atoms with Crippen molar-refractivity contribution in [2.75, 3.05) is 7.05 Å². The van der Waals surface area contributed by atoms with E-state index in [0.29, 0.717) is 0 Å². The zero-order valence-electron chi connectivity index (χ0n) is 13.6. The van der Waals surface area contributed by atoms with Gasteiger partial charge in [0.15, 0.2) is 5.11 Å². The summed E-state index contributed by atoms with van der Waals surface area (Å²) >= 11 is 9.08. The Morgan fingerprint density at radius 3 is 2.76 bits per heavy atom. The normalized spacial score (nSPS) is 19.9. The number of benzene rings is 1. The lowest BCUT2D eigenvalue weighted by molar-refractivity contribution is 0.357. The average Bonchev–Trinajstić information content (AvgIpc) is 3.21. The van der Waals surface area contributed by atoms with E-state index in [1.165, 1.54) is 5.69 Å². The van der Waals surface area contributed by atoms with Gasteiger partial charge in [0.25, 0.3) is 0 Å². The van der Waals surface area contributed by atoms with E-state index >= 15 is 0 Å². The largest absolute Gasteiger partial charge is 0.352 e. The number of hydrogen-bond donors (Lipinski definition) is 1. The Morgan fingerprint density at radius 1 is 1.12 bits per heavy atom. The van der Waals surface area contributed by atoms with E-state index in [0.717, 1.165) is 21.0 Å². The predicted octanol–water partition coefficient (Wildman–Crippen LogP) is 4.24. The molecule has 2 aromatic heterocycles. The Morgan fingerprint density at radius 2 is 2.00 bits per heavy atom. The van der Waals surface area contributed by atoms with E-state index in [1.54, 1.807) is 0 Å². The van der Waals surface area contributed by atoms with Gasteiger partial charge in [-0.05, 0) is 54.7 Å². The molecule has 0 amide bonds. The first kappa shape index (κ1) is 16.3. The summed E-state index contributed by atoms with van der Waals surface area (Å²) in [5, 5.41) is 4.16. The summed E-state index contributed by atoms with van der Waals surface area (Å²) in [7, 11) is 2.03. The molecule has 1 aliphatic heterocycles. The number of nitrogens with one attached hydrogen (secondary N) is 1. The topological polar surface area (TPSA) is 33.1 Å². The molecule has 4 nitrogen and oxygen atoms in total. The van der Waals surface area contributed by atoms with E-state index in [1.807, 2.05) is 43.6 Å². The highest BCUT2D eigenvalue weighted by molar-refractivity contribution is 9.10. The summed E-state index contributed by atoms with van der Waals surface area (Å²) in [6.07, 6.45) is 3.91. The van der Waals surface area contributed by atoms with Crippen molar-refractivity contribution in [3.63, 3.8) is 0 Å². The average molecular weight is 413 g/mol. The fourth-order valence-corrected chi connectivity index (χ4v) is 3.95. The van der Waals surface area contributed by atoms with Gasteiger partial charge in [0.05, 0.1) is 17.8 Å². The molecule has 1 aromatic carbocycles. The van der Waals surface area contributed by atoms with Gasteiger partial charge in [-0.15, -0.1) is 0 Å². The van der Waals surface area contributed by atoms with Crippen molar-refractivity contribution in [2.45, 2.75) is 12.1 Å². The molecule has 0 aliphatic carbocycles. The molecular formula is C19H17BrN4S. The highest BCUT2D eigenvalue weighted by atomic mass is 79.9. The highest BCUT2D eigenvalue weighted by Gasteiger charge is 2.39. The fraction of sp³-hybridized carbons (Fsp3) is 0.158. The van der Waals surface area contributed by atoms with Crippen molar-refractivity contribution in [2.24, 2.45) is 0 Å². The summed E-state index contributed by atoms with van der Waals surface area (Å²) < 4.78 is 3.26. The molecule has 3 heterocycles. The molecule has 25 heavy (non-hydrogen) atoms. The number of hydrogen-bond acceptors (Lipinski definition) is 2. The third kappa shape index (κ3) is 2.96. The van der Waals surface area contributed by atoms with Crippen LogP contribution in [0.15, 0.2) is 71.5 Å². The lowest BCUT2D eigenvalue weighted by atomic mass is 10.0. The number of nitrogens with zero attached hydrogens (tertiary/aromatic N) is 3. The second kappa shape index (κ2) is 6.61. The molecule has 0 spiro atoms. The zero-order chi connectivity index (χ0) is 17.4. The van der Waals surface area contributed by atoms with Crippen LogP contribution in [0.5, 0.6) is 0 Å². The summed E-state index contributed by atoms with van der Waals surface area (Å²) in [4.78, 5) is 6.65. The van der Waals surface area contributed by atoms with Crippen LogP contribution in [-0.4, -0.2) is 26.6 Å². The van der Waals surface area contributed by atoms with Crippen LogP contribution in [-0.2, 0) is 0 Å². The monoisotopic (exact) mass is 412 g/mol. The Hall–Kier alpha value is -2.18. The number of thiocarbonyl (C=S) groups is 1. The number of pyridine rings is 1. The van der Waals surface area contributed by atoms with Gasteiger partial charge in [-0.2, -0.15) is 0 Å². The molecule has 6 heteroatoms. The molecule has 1 aliphatic rings. The molecule has 0 radical (unpaired) electrons. The molecule has 1 fully saturated rings. The van der Waals surface area contributed by atoms with Crippen molar-refractivity contribution < 1.29 is 0 Å². The molecule has 4 rings (SSSR count). The lowest BCUT2D eigenvalue weighted by Crippen LogP contribution is -2.25. The molecule has 2 atom stereocenters. The van der Waals surface area contributed by atoms with E-state index in [-0.39, 0.29) is 12.1 Å². The SMILES string of the molecule is CN1C(=S)N[C@H](c2ccccn2)[C@@H]1c1cccn1-c1cccc(Br)c1. The third-order valence-corrected chi connectivity index (χ3v) is 5.41. The van der Waals surface area contributed by atoms with Gasteiger partial charge in [0.1, 0.15) is 0 Å². The fourth-order valence-electron chi connectivity index (χ4n) is 3.32. The molecule has 126 valence electrons. The van der Waals surface area contributed by atoms with Crippen LogP contribution < -0.4 is 5.32 Å². The number of likely N-dealkylation sites (N-methyl/N-ethyl adjacent to an activating group) is 1. The summed E-state index contributed by atoms with van der Waals surface area (Å²) in [5.74, 6) is 0. The van der Waals surface area contributed by atoms with Crippen molar-refractivity contribution in [1.29, 1.82) is 0 Å². The van der Waals surface area contributed by atoms with E-state index in [4.69, 9.17) is 12.2 Å². The maximum atomic E-state index is 5.52. The van der Waals surface area contributed by atoms with Gasteiger partial charge in [-0.25, -0.2) is 0 Å². The standard InChI is InChI=1S/C19H17BrN4S/c1-23-18(17(22-19(23)25)15-8-2-3-10-21-15)16-9-5-11-24(16)14-7-4-6-13(20)12-14/h2-12,17-18H,1H3,(H,22,25)/t17-,18+/m1/s1. The third-order valence-electron chi connectivity index (χ3n) is 4.51. The van der Waals surface area contributed by atoms with Crippen LogP contribution in [0.2, 0.25) is 0 Å². The smallest absolute Gasteiger partial charge is 0.169 e. The van der Waals surface area contributed by atoms with Gasteiger partial charge in [-0.3, -0.25) is 4.98 Å². The minimum atomic E-state index is 0.0134. The van der Waals surface area contributed by atoms with Crippen LogP contribution in [0.3, 0.4) is 0 Å². The number of aromatic nitrogens is 2. The first-order valence-corrected chi connectivity index (χ1v) is 9.23. The quantitative estimate of drug-likeness (QED) is 0.652. The van der Waals surface area contributed by atoms with Crippen LogP contribution in [0, 0.1) is 0 Å². The van der Waals surface area contributed by atoms with Gasteiger partial charge in [0, 0.05) is 35.3 Å². The van der Waals surface area contributed by atoms with Gasteiger partial charge in [0.2, 0.25) is 0 Å². The van der Waals surface area contributed by atoms with Crippen molar-refractivity contribution >= 4 is 33.3 Å². The summed E-state index contributed by atoms with van der Waals surface area (Å²) in [5.41, 5.74) is 3.27. The molecule has 0 unspecified atom stereocenters. The minimum absolute atomic E-state index is 0.0134. The highest BCUT2D eigenvalue weighted by Crippen LogP contribution is 2.38. The van der Waals surface area contributed by atoms with Crippen LogP contribution in [0.4, 0.5) is 0 Å². The first-order chi connectivity index (χ1) is 12.1. The molecular weight excluding hydrogens is 396 g/mol. The Labute approximate surface area is 160 Å². The Bertz CT molecular complexity index is 909. The maximum Gasteiger partial charge on any atom is 0.169 e. The number of halogens is 1. The molecule has 0 bridgehead atoms. The van der Waals surface area contributed by atoms with E-state index in [9.17, 15) is 0 Å².